The number of amides is 1. The molecular formula is C11H12Cl2N2O5S2. The average Bonchev–Trinajstić information content (AvgIpc) is 2.75. The number of hydrazine groups is 1. The summed E-state index contributed by atoms with van der Waals surface area (Å²) in [5.41, 5.74) is 2.01. The molecule has 1 heterocycles. The van der Waals surface area contributed by atoms with E-state index in [1.165, 1.54) is 18.2 Å². The van der Waals surface area contributed by atoms with Gasteiger partial charge in [0, 0.05) is 10.0 Å². The molecule has 2 N–H and O–H groups in total. The van der Waals surface area contributed by atoms with Gasteiger partial charge in [-0.05, 0) is 24.6 Å². The van der Waals surface area contributed by atoms with E-state index < -0.39 is 31.7 Å². The van der Waals surface area contributed by atoms with Crippen molar-refractivity contribution in [1.29, 1.82) is 0 Å². The predicted molar refractivity (Wildman–Crippen MR) is 81.7 cm³/mol. The van der Waals surface area contributed by atoms with Crippen molar-refractivity contribution in [2.45, 2.75) is 11.3 Å². The molecule has 0 spiro atoms. The van der Waals surface area contributed by atoms with Crippen molar-refractivity contribution in [2.24, 2.45) is 5.92 Å². The minimum absolute atomic E-state index is 0.0816. The molecule has 1 aromatic carbocycles. The quantitative estimate of drug-likeness (QED) is 0.741. The van der Waals surface area contributed by atoms with Gasteiger partial charge in [-0.2, -0.15) is 0 Å². The number of nitrogens with one attached hydrogen (secondary N) is 2. The Morgan fingerprint density at radius 2 is 1.77 bits per heavy atom. The van der Waals surface area contributed by atoms with Crippen molar-refractivity contribution >= 4 is 49.0 Å². The number of hydrogen-bond acceptors (Lipinski definition) is 5. The molecule has 0 bridgehead atoms. The molecule has 22 heavy (non-hydrogen) atoms. The Hall–Kier alpha value is -0.870. The second-order valence-corrected chi connectivity index (χ2v) is 9.58. The molecule has 1 amide bonds. The third kappa shape index (κ3) is 4.32. The van der Waals surface area contributed by atoms with Gasteiger partial charge in [-0.25, -0.2) is 16.8 Å². The van der Waals surface area contributed by atoms with Gasteiger partial charge in [-0.3, -0.25) is 10.2 Å². The first-order valence-electron chi connectivity index (χ1n) is 6.07. The standard InChI is InChI=1S/C11H12Cl2N2O5S2/c12-8-3-9(13)5-10(4-8)22(19,20)15-14-11(16)7-1-2-21(17,18)6-7/h3-5,7,15H,1-2,6H2,(H,14,16)/t7-/m1/s1. The van der Waals surface area contributed by atoms with Gasteiger partial charge in [0.25, 0.3) is 10.0 Å². The smallest absolute Gasteiger partial charge is 0.257 e. The number of hydrogen-bond donors (Lipinski definition) is 2. The van der Waals surface area contributed by atoms with Crippen LogP contribution in [0.15, 0.2) is 23.1 Å². The van der Waals surface area contributed by atoms with Crippen molar-refractivity contribution in [1.82, 2.24) is 10.3 Å². The number of sulfonamides is 1. The van der Waals surface area contributed by atoms with E-state index in [0.717, 1.165) is 0 Å². The third-order valence-corrected chi connectivity index (χ3v) is 6.49. The summed E-state index contributed by atoms with van der Waals surface area (Å²) in [5.74, 6) is -1.83. The lowest BCUT2D eigenvalue weighted by Gasteiger charge is -2.11. The molecule has 0 radical (unpaired) electrons. The number of halogens is 2. The van der Waals surface area contributed by atoms with E-state index in [-0.39, 0.29) is 32.9 Å². The molecule has 7 nitrogen and oxygen atoms in total. The molecule has 0 unspecified atom stereocenters. The van der Waals surface area contributed by atoms with E-state index in [1.807, 2.05) is 10.3 Å². The van der Waals surface area contributed by atoms with Crippen LogP contribution in [0.3, 0.4) is 0 Å². The highest BCUT2D eigenvalue weighted by Crippen LogP contribution is 2.22. The molecule has 1 aliphatic heterocycles. The molecule has 11 heteroatoms. The molecule has 2 rings (SSSR count). The van der Waals surface area contributed by atoms with Gasteiger partial charge in [-0.1, -0.05) is 23.2 Å². The maximum Gasteiger partial charge on any atom is 0.257 e. The molecule has 0 aromatic heterocycles. The Morgan fingerprint density at radius 1 is 1.18 bits per heavy atom. The van der Waals surface area contributed by atoms with E-state index in [1.54, 1.807) is 0 Å². The van der Waals surface area contributed by atoms with Crippen LogP contribution < -0.4 is 10.3 Å². The van der Waals surface area contributed by atoms with Gasteiger partial charge in [0.1, 0.15) is 0 Å². The van der Waals surface area contributed by atoms with E-state index in [9.17, 15) is 21.6 Å². The Morgan fingerprint density at radius 3 is 2.27 bits per heavy atom. The van der Waals surface area contributed by atoms with Gasteiger partial charge in [0.2, 0.25) is 5.91 Å². The molecule has 1 aliphatic rings. The van der Waals surface area contributed by atoms with Gasteiger partial charge in [0.15, 0.2) is 9.84 Å². The highest BCUT2D eigenvalue weighted by Gasteiger charge is 2.33. The van der Waals surface area contributed by atoms with Gasteiger partial charge < -0.3 is 0 Å². The SMILES string of the molecule is O=C(NNS(=O)(=O)c1cc(Cl)cc(Cl)c1)[C@@H]1CCS(=O)(=O)C1. The van der Waals surface area contributed by atoms with Crippen LogP contribution in [-0.2, 0) is 24.7 Å². The summed E-state index contributed by atoms with van der Waals surface area (Å²) in [6, 6.07) is 3.70. The van der Waals surface area contributed by atoms with Crippen LogP contribution in [0.2, 0.25) is 10.0 Å². The van der Waals surface area contributed by atoms with Crippen LogP contribution in [0, 0.1) is 5.92 Å². The van der Waals surface area contributed by atoms with Crippen LogP contribution >= 0.6 is 23.2 Å². The van der Waals surface area contributed by atoms with Crippen molar-refractivity contribution in [3.05, 3.63) is 28.2 Å². The maximum absolute atomic E-state index is 12.0. The fraction of sp³-hybridized carbons (Fsp3) is 0.364. The van der Waals surface area contributed by atoms with E-state index in [4.69, 9.17) is 23.2 Å². The normalized spacial score (nSPS) is 20.7. The van der Waals surface area contributed by atoms with Crippen molar-refractivity contribution in [3.8, 4) is 0 Å². The van der Waals surface area contributed by atoms with E-state index in [0.29, 0.717) is 0 Å². The van der Waals surface area contributed by atoms with E-state index in [2.05, 4.69) is 0 Å². The Kier molecular flexibility index (Phi) is 5.03. The minimum atomic E-state index is -4.06. The Labute approximate surface area is 137 Å². The van der Waals surface area contributed by atoms with Crippen LogP contribution in [-0.4, -0.2) is 34.2 Å². The molecule has 1 aromatic rings. The summed E-state index contributed by atoms with van der Waals surface area (Å²) in [7, 11) is -7.29. The lowest BCUT2D eigenvalue weighted by atomic mass is 10.1. The fourth-order valence-electron chi connectivity index (χ4n) is 1.96. The summed E-state index contributed by atoms with van der Waals surface area (Å²) < 4.78 is 46.6. The summed E-state index contributed by atoms with van der Waals surface area (Å²) in [6.45, 7) is 0. The number of carbonyl (C=O) groups excluding carboxylic acids is 1. The van der Waals surface area contributed by atoms with E-state index >= 15 is 0 Å². The fourth-order valence-corrected chi connectivity index (χ4v) is 5.28. The lowest BCUT2D eigenvalue weighted by molar-refractivity contribution is -0.124. The molecule has 122 valence electrons. The summed E-state index contributed by atoms with van der Waals surface area (Å²) in [5, 5.41) is 0.252. The maximum atomic E-state index is 12.0. The molecule has 1 fully saturated rings. The van der Waals surface area contributed by atoms with Crippen molar-refractivity contribution < 1.29 is 21.6 Å². The number of rotatable bonds is 4. The molecule has 1 atom stereocenters. The molecule has 1 saturated heterocycles. The average molecular weight is 387 g/mol. The Bertz CT molecular complexity index is 788. The van der Waals surface area contributed by atoms with Crippen LogP contribution in [0.5, 0.6) is 0 Å². The van der Waals surface area contributed by atoms with Crippen LogP contribution in [0.4, 0.5) is 0 Å². The minimum Gasteiger partial charge on any atom is -0.277 e. The highest BCUT2D eigenvalue weighted by atomic mass is 35.5. The lowest BCUT2D eigenvalue weighted by Crippen LogP contribution is -2.44. The van der Waals surface area contributed by atoms with Crippen molar-refractivity contribution in [3.63, 3.8) is 0 Å². The summed E-state index contributed by atoms with van der Waals surface area (Å²) >= 11 is 11.4. The third-order valence-electron chi connectivity index (χ3n) is 3.06. The second kappa shape index (κ2) is 6.32. The van der Waals surface area contributed by atoms with Gasteiger partial charge >= 0.3 is 0 Å². The number of sulfone groups is 1. The molecule has 0 saturated carbocycles. The zero-order valence-corrected chi connectivity index (χ0v) is 14.2. The number of carbonyl (C=O) groups is 1. The van der Waals surface area contributed by atoms with Gasteiger partial charge in [0.05, 0.1) is 22.3 Å². The largest absolute Gasteiger partial charge is 0.277 e. The molecular weight excluding hydrogens is 375 g/mol. The zero-order chi connectivity index (χ0) is 16.5. The van der Waals surface area contributed by atoms with Gasteiger partial charge in [-0.15, -0.1) is 4.83 Å². The topological polar surface area (TPSA) is 109 Å². The first-order chi connectivity index (χ1) is 10.1. The first-order valence-corrected chi connectivity index (χ1v) is 10.1. The molecule has 0 aliphatic carbocycles. The number of benzene rings is 1. The predicted octanol–water partition coefficient (Wildman–Crippen LogP) is 0.738. The Balaban J connectivity index is 2.05. The highest BCUT2D eigenvalue weighted by molar-refractivity contribution is 7.91. The van der Waals surface area contributed by atoms with Crippen LogP contribution in [0.1, 0.15) is 6.42 Å². The summed E-state index contributed by atoms with van der Waals surface area (Å²) in [6.07, 6.45) is 0.166. The van der Waals surface area contributed by atoms with Crippen LogP contribution in [0.25, 0.3) is 0 Å². The first kappa shape index (κ1) is 17.5. The monoisotopic (exact) mass is 386 g/mol. The second-order valence-electron chi connectivity index (χ2n) is 4.80. The van der Waals surface area contributed by atoms with Crippen molar-refractivity contribution in [2.75, 3.05) is 11.5 Å². The zero-order valence-electron chi connectivity index (χ0n) is 11.0. The summed E-state index contributed by atoms with van der Waals surface area (Å²) in [4.78, 5) is 13.5.